The van der Waals surface area contributed by atoms with E-state index in [4.69, 9.17) is 0 Å². The number of carbonyl (C=O) groups excluding carboxylic acids is 2. The van der Waals surface area contributed by atoms with Crippen molar-refractivity contribution in [2.45, 2.75) is 45.7 Å². The Balaban J connectivity index is 1.33. The monoisotopic (exact) mass is 420 g/mol. The molecule has 1 saturated heterocycles. The highest BCUT2D eigenvalue weighted by Gasteiger charge is 2.26. The molecular weight excluding hydrogens is 392 g/mol. The second-order valence-electron chi connectivity index (χ2n) is 7.96. The molecule has 8 heteroatoms. The number of benzene rings is 1. The fourth-order valence-electron chi connectivity index (χ4n) is 4.09. The van der Waals surface area contributed by atoms with Gasteiger partial charge in [-0.05, 0) is 38.3 Å². The van der Waals surface area contributed by atoms with Crippen LogP contribution in [0.25, 0.3) is 0 Å². The van der Waals surface area contributed by atoms with Crippen molar-refractivity contribution in [3.63, 3.8) is 0 Å². The Kier molecular flexibility index (Phi) is 6.16. The topological polar surface area (TPSA) is 85.0 Å². The van der Waals surface area contributed by atoms with Crippen LogP contribution >= 0.6 is 0 Å². The van der Waals surface area contributed by atoms with Crippen LogP contribution in [0, 0.1) is 13.8 Å². The molecular formula is C23H28N6O2. The predicted octanol–water partition coefficient (Wildman–Crippen LogP) is 3.20. The Morgan fingerprint density at radius 2 is 1.87 bits per heavy atom. The number of likely N-dealkylation sites (tertiary alicyclic amines) is 1. The third-order valence-corrected chi connectivity index (χ3v) is 5.95. The summed E-state index contributed by atoms with van der Waals surface area (Å²) in [5, 5.41) is 7.44. The van der Waals surface area contributed by atoms with Gasteiger partial charge in [-0.3, -0.25) is 9.59 Å². The van der Waals surface area contributed by atoms with Crippen LogP contribution in [0.15, 0.2) is 48.9 Å². The number of nitrogens with one attached hydrogen (secondary N) is 1. The Morgan fingerprint density at radius 1 is 1.10 bits per heavy atom. The number of hydrogen-bond donors (Lipinski definition) is 1. The van der Waals surface area contributed by atoms with Crippen molar-refractivity contribution in [2.75, 3.05) is 18.4 Å². The van der Waals surface area contributed by atoms with Crippen molar-refractivity contribution >= 4 is 17.6 Å². The average Bonchev–Trinajstić information content (AvgIpc) is 3.41. The summed E-state index contributed by atoms with van der Waals surface area (Å²) in [5.41, 5.74) is 1.59. The zero-order chi connectivity index (χ0) is 21.8. The SMILES string of the molecule is Cc1ccccc1C(=O)Nc1ccnn1C1CCN(C(=O)CCn2ccnc2C)CC1. The lowest BCUT2D eigenvalue weighted by molar-refractivity contribution is -0.132. The summed E-state index contributed by atoms with van der Waals surface area (Å²) in [6.45, 7) is 5.90. The predicted molar refractivity (Wildman–Crippen MR) is 118 cm³/mol. The highest BCUT2D eigenvalue weighted by molar-refractivity contribution is 6.04. The summed E-state index contributed by atoms with van der Waals surface area (Å²) in [5.74, 6) is 1.64. The number of amides is 2. The minimum atomic E-state index is -0.137. The van der Waals surface area contributed by atoms with Gasteiger partial charge in [-0.1, -0.05) is 18.2 Å². The number of rotatable bonds is 6. The lowest BCUT2D eigenvalue weighted by atomic mass is 10.0. The second-order valence-corrected chi connectivity index (χ2v) is 7.96. The molecule has 1 N–H and O–H groups in total. The number of imidazole rings is 1. The molecule has 0 aliphatic carbocycles. The first-order chi connectivity index (χ1) is 15.0. The molecule has 1 aliphatic rings. The van der Waals surface area contributed by atoms with Crippen LogP contribution in [0.1, 0.15) is 47.1 Å². The fraction of sp³-hybridized carbons (Fsp3) is 0.391. The first-order valence-corrected chi connectivity index (χ1v) is 10.7. The number of anilines is 1. The van der Waals surface area contributed by atoms with Gasteiger partial charge in [-0.15, -0.1) is 0 Å². The van der Waals surface area contributed by atoms with Gasteiger partial charge in [0, 0.05) is 50.1 Å². The molecule has 2 amide bonds. The molecule has 0 saturated carbocycles. The Hall–Kier alpha value is -3.42. The van der Waals surface area contributed by atoms with Crippen molar-refractivity contribution in [1.29, 1.82) is 0 Å². The van der Waals surface area contributed by atoms with E-state index in [1.165, 1.54) is 0 Å². The zero-order valence-corrected chi connectivity index (χ0v) is 18.0. The van der Waals surface area contributed by atoms with E-state index in [-0.39, 0.29) is 17.9 Å². The second kappa shape index (κ2) is 9.16. The van der Waals surface area contributed by atoms with Gasteiger partial charge in [0.1, 0.15) is 11.6 Å². The van der Waals surface area contributed by atoms with Crippen LogP contribution in [0.2, 0.25) is 0 Å². The van der Waals surface area contributed by atoms with Gasteiger partial charge >= 0.3 is 0 Å². The van der Waals surface area contributed by atoms with E-state index < -0.39 is 0 Å². The molecule has 0 bridgehead atoms. The first kappa shape index (κ1) is 20.8. The normalized spacial score (nSPS) is 14.6. The third-order valence-electron chi connectivity index (χ3n) is 5.95. The number of piperidine rings is 1. The Bertz CT molecular complexity index is 1060. The number of aromatic nitrogens is 4. The van der Waals surface area contributed by atoms with Gasteiger partial charge in [0.25, 0.3) is 5.91 Å². The van der Waals surface area contributed by atoms with Crippen molar-refractivity contribution in [3.05, 3.63) is 65.9 Å². The molecule has 0 spiro atoms. The molecule has 1 aromatic carbocycles. The summed E-state index contributed by atoms with van der Waals surface area (Å²) in [4.78, 5) is 31.4. The first-order valence-electron chi connectivity index (χ1n) is 10.7. The third kappa shape index (κ3) is 4.68. The molecule has 162 valence electrons. The molecule has 8 nitrogen and oxygen atoms in total. The maximum atomic E-state index is 12.7. The number of aryl methyl sites for hydroxylation is 3. The van der Waals surface area contributed by atoms with Gasteiger partial charge in [0.2, 0.25) is 5.91 Å². The van der Waals surface area contributed by atoms with E-state index >= 15 is 0 Å². The van der Waals surface area contributed by atoms with Crippen molar-refractivity contribution in [3.8, 4) is 0 Å². The lowest BCUT2D eigenvalue weighted by Gasteiger charge is -2.33. The van der Waals surface area contributed by atoms with E-state index in [9.17, 15) is 9.59 Å². The van der Waals surface area contributed by atoms with E-state index in [1.54, 1.807) is 12.4 Å². The summed E-state index contributed by atoms with van der Waals surface area (Å²) in [7, 11) is 0. The standard InChI is InChI=1S/C23H28N6O2/c1-17-5-3-4-6-20(17)23(31)26-21-7-11-25-29(21)19-8-13-28(14-9-19)22(30)10-15-27-16-12-24-18(27)2/h3-7,11-12,16,19H,8-10,13-15H2,1-2H3,(H,26,31). The Labute approximate surface area is 181 Å². The smallest absolute Gasteiger partial charge is 0.257 e. The number of carbonyl (C=O) groups is 2. The molecule has 31 heavy (non-hydrogen) atoms. The van der Waals surface area contributed by atoms with Crippen molar-refractivity contribution < 1.29 is 9.59 Å². The molecule has 2 aromatic heterocycles. The summed E-state index contributed by atoms with van der Waals surface area (Å²) in [6, 6.07) is 9.50. The largest absolute Gasteiger partial charge is 0.342 e. The highest BCUT2D eigenvalue weighted by atomic mass is 16.2. The van der Waals surface area contributed by atoms with Gasteiger partial charge < -0.3 is 14.8 Å². The van der Waals surface area contributed by atoms with E-state index in [0.717, 1.165) is 24.2 Å². The van der Waals surface area contributed by atoms with Crippen LogP contribution in [0.5, 0.6) is 0 Å². The Morgan fingerprint density at radius 3 is 2.58 bits per heavy atom. The lowest BCUT2D eigenvalue weighted by Crippen LogP contribution is -2.39. The van der Waals surface area contributed by atoms with Crippen molar-refractivity contribution in [2.24, 2.45) is 0 Å². The summed E-state index contributed by atoms with van der Waals surface area (Å²) >= 11 is 0. The number of nitrogens with zero attached hydrogens (tertiary/aromatic N) is 5. The molecule has 4 rings (SSSR count). The summed E-state index contributed by atoms with van der Waals surface area (Å²) in [6.07, 6.45) is 7.46. The molecule has 1 aliphatic heterocycles. The van der Waals surface area contributed by atoms with Crippen LogP contribution in [0.3, 0.4) is 0 Å². The molecule has 0 radical (unpaired) electrons. The van der Waals surface area contributed by atoms with E-state index in [1.807, 2.05) is 64.5 Å². The van der Waals surface area contributed by atoms with Gasteiger partial charge in [0.15, 0.2) is 0 Å². The maximum absolute atomic E-state index is 12.7. The number of hydrogen-bond acceptors (Lipinski definition) is 4. The van der Waals surface area contributed by atoms with Gasteiger partial charge in [0.05, 0.1) is 12.2 Å². The molecule has 3 heterocycles. The van der Waals surface area contributed by atoms with Crippen LogP contribution in [-0.4, -0.2) is 49.1 Å². The average molecular weight is 421 g/mol. The fourth-order valence-corrected chi connectivity index (χ4v) is 4.09. The summed E-state index contributed by atoms with van der Waals surface area (Å²) < 4.78 is 3.88. The molecule has 0 atom stereocenters. The van der Waals surface area contributed by atoms with Gasteiger partial charge in [-0.2, -0.15) is 5.10 Å². The van der Waals surface area contributed by atoms with Crippen LogP contribution in [0.4, 0.5) is 5.82 Å². The van der Waals surface area contributed by atoms with E-state index in [2.05, 4.69) is 15.4 Å². The van der Waals surface area contributed by atoms with Crippen LogP contribution in [-0.2, 0) is 11.3 Å². The highest BCUT2D eigenvalue weighted by Crippen LogP contribution is 2.26. The minimum absolute atomic E-state index is 0.137. The van der Waals surface area contributed by atoms with Crippen LogP contribution < -0.4 is 5.32 Å². The van der Waals surface area contributed by atoms with Gasteiger partial charge in [-0.25, -0.2) is 9.67 Å². The van der Waals surface area contributed by atoms with E-state index in [0.29, 0.717) is 37.4 Å². The van der Waals surface area contributed by atoms with Crippen molar-refractivity contribution in [1.82, 2.24) is 24.2 Å². The zero-order valence-electron chi connectivity index (χ0n) is 18.0. The maximum Gasteiger partial charge on any atom is 0.257 e. The molecule has 3 aromatic rings. The minimum Gasteiger partial charge on any atom is -0.342 e. The molecule has 0 unspecified atom stereocenters. The quantitative estimate of drug-likeness (QED) is 0.664. The molecule has 1 fully saturated rings.